The van der Waals surface area contributed by atoms with Crippen LogP contribution in [0.5, 0.6) is 0 Å². The van der Waals surface area contributed by atoms with Gasteiger partial charge in [-0.2, -0.15) is 0 Å². The fourth-order valence-corrected chi connectivity index (χ4v) is 1.87. The van der Waals surface area contributed by atoms with Gasteiger partial charge in [-0.1, -0.05) is 13.8 Å². The molecule has 0 amide bonds. The van der Waals surface area contributed by atoms with Gasteiger partial charge in [0.05, 0.1) is 0 Å². The summed E-state index contributed by atoms with van der Waals surface area (Å²) in [6, 6.07) is -0.0810. The van der Waals surface area contributed by atoms with Gasteiger partial charge in [0.1, 0.15) is 5.72 Å². The molecule has 2 unspecified atom stereocenters. The molecule has 2 atom stereocenters. The number of nitrogens with one attached hydrogen (secondary N) is 1. The third-order valence-electron chi connectivity index (χ3n) is 2.29. The Labute approximate surface area is 84.6 Å². The van der Waals surface area contributed by atoms with Crippen molar-refractivity contribution in [3.8, 4) is 0 Å². The molecule has 0 aliphatic carbocycles. The Morgan fingerprint density at radius 1 is 1.57 bits per heavy atom. The minimum atomic E-state index is -0.881. The van der Waals surface area contributed by atoms with Gasteiger partial charge in [-0.05, 0) is 26.2 Å². The van der Waals surface area contributed by atoms with Crippen molar-refractivity contribution in [3.05, 3.63) is 0 Å². The zero-order valence-corrected chi connectivity index (χ0v) is 9.20. The quantitative estimate of drug-likeness (QED) is 0.720. The molecular formula is C10H19NO3. The summed E-state index contributed by atoms with van der Waals surface area (Å²) in [5.74, 6) is -0.416. The van der Waals surface area contributed by atoms with Crippen LogP contribution in [0.3, 0.4) is 0 Å². The monoisotopic (exact) mass is 201 g/mol. The normalized spacial score (nSPS) is 30.9. The first-order valence-corrected chi connectivity index (χ1v) is 5.00. The van der Waals surface area contributed by atoms with Crippen molar-refractivity contribution in [1.82, 2.24) is 5.32 Å². The van der Waals surface area contributed by atoms with Gasteiger partial charge in [0.2, 0.25) is 0 Å². The van der Waals surface area contributed by atoms with Crippen LogP contribution in [0.4, 0.5) is 0 Å². The molecule has 82 valence electrons. The molecule has 1 rings (SSSR count). The first kappa shape index (κ1) is 11.5. The van der Waals surface area contributed by atoms with Crippen LogP contribution in [0.25, 0.3) is 0 Å². The molecule has 0 saturated carbocycles. The molecular weight excluding hydrogens is 182 g/mol. The van der Waals surface area contributed by atoms with Crippen molar-refractivity contribution in [2.75, 3.05) is 0 Å². The fraction of sp³-hybridized carbons (Fsp3) is 0.900. The molecule has 0 aromatic carbocycles. The van der Waals surface area contributed by atoms with Crippen LogP contribution in [-0.2, 0) is 9.53 Å². The Morgan fingerprint density at radius 3 is 2.57 bits per heavy atom. The average Bonchev–Trinajstić information content (AvgIpc) is 2.24. The molecule has 0 bridgehead atoms. The van der Waals surface area contributed by atoms with E-state index in [9.17, 15) is 4.79 Å². The van der Waals surface area contributed by atoms with Crippen LogP contribution >= 0.6 is 0 Å². The van der Waals surface area contributed by atoms with Gasteiger partial charge >= 0.3 is 5.97 Å². The summed E-state index contributed by atoms with van der Waals surface area (Å²) in [5, 5.41) is 12.2. The number of carboxylic acid groups (broad SMARTS) is 1. The molecule has 1 aliphatic heterocycles. The van der Waals surface area contributed by atoms with E-state index in [2.05, 4.69) is 19.2 Å². The lowest BCUT2D eigenvalue weighted by atomic mass is 10.00. The van der Waals surface area contributed by atoms with Crippen LogP contribution in [0.2, 0.25) is 0 Å². The first-order valence-electron chi connectivity index (χ1n) is 5.00. The predicted molar refractivity (Wildman–Crippen MR) is 53.0 cm³/mol. The third kappa shape index (κ3) is 2.69. The number of carbonyl (C=O) groups is 1. The summed E-state index contributed by atoms with van der Waals surface area (Å²) in [4.78, 5) is 10.9. The molecule has 4 nitrogen and oxygen atoms in total. The Bertz CT molecular complexity index is 225. The molecule has 0 aromatic rings. The smallest absolute Gasteiger partial charge is 0.334 e. The molecule has 2 N–H and O–H groups in total. The van der Waals surface area contributed by atoms with E-state index in [0.717, 1.165) is 6.42 Å². The zero-order valence-electron chi connectivity index (χ0n) is 9.20. The molecule has 1 fully saturated rings. The summed E-state index contributed by atoms with van der Waals surface area (Å²) >= 11 is 0. The summed E-state index contributed by atoms with van der Waals surface area (Å²) < 4.78 is 5.41. The highest BCUT2D eigenvalue weighted by Gasteiger charge is 2.43. The summed E-state index contributed by atoms with van der Waals surface area (Å²) in [7, 11) is 0. The minimum absolute atomic E-state index is 0.0810. The molecule has 0 aromatic heterocycles. The maximum atomic E-state index is 10.9. The van der Waals surface area contributed by atoms with Gasteiger partial charge in [0.15, 0.2) is 6.10 Å². The molecule has 4 heteroatoms. The van der Waals surface area contributed by atoms with E-state index in [-0.39, 0.29) is 6.04 Å². The van der Waals surface area contributed by atoms with Gasteiger partial charge in [0, 0.05) is 6.04 Å². The van der Waals surface area contributed by atoms with Crippen molar-refractivity contribution in [2.45, 2.75) is 52.0 Å². The van der Waals surface area contributed by atoms with Gasteiger partial charge in [-0.25, -0.2) is 4.79 Å². The molecule has 0 radical (unpaired) electrons. The number of rotatable bonds is 3. The highest BCUT2D eigenvalue weighted by Crippen LogP contribution is 2.25. The van der Waals surface area contributed by atoms with Crippen molar-refractivity contribution in [1.29, 1.82) is 0 Å². The summed E-state index contributed by atoms with van der Waals surface area (Å²) in [6.45, 7) is 7.85. The number of hydrogen-bond acceptors (Lipinski definition) is 3. The Kier molecular flexibility index (Phi) is 3.17. The van der Waals surface area contributed by atoms with E-state index < -0.39 is 17.8 Å². The predicted octanol–water partition coefficient (Wildman–Crippen LogP) is 1.21. The van der Waals surface area contributed by atoms with E-state index in [1.807, 2.05) is 13.8 Å². The minimum Gasteiger partial charge on any atom is -0.479 e. The SMILES string of the molecule is CC(C)CC1NC(C)(C)OC1C(=O)O. The highest BCUT2D eigenvalue weighted by molar-refractivity contribution is 5.73. The number of carboxylic acids is 1. The number of ether oxygens (including phenoxy) is 1. The Hall–Kier alpha value is -0.610. The van der Waals surface area contributed by atoms with Crippen molar-refractivity contribution in [3.63, 3.8) is 0 Å². The van der Waals surface area contributed by atoms with Crippen molar-refractivity contribution in [2.24, 2.45) is 5.92 Å². The standard InChI is InChI=1S/C10H19NO3/c1-6(2)5-7-8(9(12)13)14-10(3,4)11-7/h6-8,11H,5H2,1-4H3,(H,12,13). The highest BCUT2D eigenvalue weighted by atomic mass is 16.6. The maximum Gasteiger partial charge on any atom is 0.334 e. The van der Waals surface area contributed by atoms with Crippen molar-refractivity contribution >= 4 is 5.97 Å². The Balaban J connectivity index is 2.67. The first-order chi connectivity index (χ1) is 6.32. The maximum absolute atomic E-state index is 10.9. The van der Waals surface area contributed by atoms with E-state index in [0.29, 0.717) is 5.92 Å². The topological polar surface area (TPSA) is 58.6 Å². The summed E-state index contributed by atoms with van der Waals surface area (Å²) in [5.41, 5.74) is -0.525. The zero-order chi connectivity index (χ0) is 10.9. The van der Waals surface area contributed by atoms with Gasteiger partial charge in [-0.3, -0.25) is 5.32 Å². The van der Waals surface area contributed by atoms with Crippen LogP contribution in [0.15, 0.2) is 0 Å². The van der Waals surface area contributed by atoms with Gasteiger partial charge < -0.3 is 9.84 Å². The van der Waals surface area contributed by atoms with Crippen LogP contribution in [0.1, 0.15) is 34.1 Å². The molecule has 1 aliphatic rings. The lowest BCUT2D eigenvalue weighted by Crippen LogP contribution is -2.40. The van der Waals surface area contributed by atoms with E-state index >= 15 is 0 Å². The average molecular weight is 201 g/mol. The second-order valence-electron chi connectivity index (χ2n) is 4.77. The van der Waals surface area contributed by atoms with E-state index in [1.165, 1.54) is 0 Å². The largest absolute Gasteiger partial charge is 0.479 e. The molecule has 1 heterocycles. The lowest BCUT2D eigenvalue weighted by Gasteiger charge is -2.18. The molecule has 0 spiro atoms. The van der Waals surface area contributed by atoms with E-state index in [1.54, 1.807) is 0 Å². The lowest BCUT2D eigenvalue weighted by molar-refractivity contribution is -0.153. The van der Waals surface area contributed by atoms with Crippen LogP contribution in [0, 0.1) is 5.92 Å². The molecule has 14 heavy (non-hydrogen) atoms. The Morgan fingerprint density at radius 2 is 2.14 bits per heavy atom. The van der Waals surface area contributed by atoms with Crippen LogP contribution < -0.4 is 5.32 Å². The van der Waals surface area contributed by atoms with Gasteiger partial charge in [0.25, 0.3) is 0 Å². The second kappa shape index (κ2) is 3.87. The fourth-order valence-electron chi connectivity index (χ4n) is 1.87. The number of aliphatic carboxylic acids is 1. The number of hydrogen-bond donors (Lipinski definition) is 2. The van der Waals surface area contributed by atoms with Crippen LogP contribution in [-0.4, -0.2) is 28.9 Å². The summed E-state index contributed by atoms with van der Waals surface area (Å²) in [6.07, 6.45) is 0.104. The third-order valence-corrected chi connectivity index (χ3v) is 2.29. The van der Waals surface area contributed by atoms with Gasteiger partial charge in [-0.15, -0.1) is 0 Å². The molecule has 1 saturated heterocycles. The second-order valence-corrected chi connectivity index (χ2v) is 4.77. The van der Waals surface area contributed by atoms with E-state index in [4.69, 9.17) is 9.84 Å². The van der Waals surface area contributed by atoms with Crippen molar-refractivity contribution < 1.29 is 14.6 Å².